The SMILES string of the molecule is COC(C)(C)CCC(O)C1CSc2ccccc2O1. The minimum Gasteiger partial charge on any atom is -0.486 e. The van der Waals surface area contributed by atoms with E-state index >= 15 is 0 Å². The smallest absolute Gasteiger partial charge is 0.134 e. The van der Waals surface area contributed by atoms with E-state index < -0.39 is 6.10 Å². The number of aliphatic hydroxyl groups is 1. The molecule has 1 aliphatic heterocycles. The van der Waals surface area contributed by atoms with Crippen LogP contribution in [0, 0.1) is 0 Å². The molecular formula is C15H22O3S. The third-order valence-electron chi connectivity index (χ3n) is 3.55. The zero-order valence-electron chi connectivity index (χ0n) is 11.8. The van der Waals surface area contributed by atoms with Crippen molar-refractivity contribution in [2.24, 2.45) is 0 Å². The molecule has 0 radical (unpaired) electrons. The molecule has 0 bridgehead atoms. The number of para-hydroxylation sites is 1. The quantitative estimate of drug-likeness (QED) is 0.900. The number of thioether (sulfide) groups is 1. The number of hydrogen-bond acceptors (Lipinski definition) is 4. The molecule has 1 aliphatic rings. The fraction of sp³-hybridized carbons (Fsp3) is 0.600. The first-order valence-corrected chi connectivity index (χ1v) is 7.62. The Bertz CT molecular complexity index is 420. The molecule has 0 aromatic heterocycles. The molecule has 0 amide bonds. The molecule has 2 rings (SSSR count). The van der Waals surface area contributed by atoms with E-state index in [4.69, 9.17) is 9.47 Å². The summed E-state index contributed by atoms with van der Waals surface area (Å²) in [7, 11) is 1.70. The summed E-state index contributed by atoms with van der Waals surface area (Å²) in [6, 6.07) is 7.98. The van der Waals surface area contributed by atoms with E-state index in [0.717, 1.165) is 22.8 Å². The van der Waals surface area contributed by atoms with Crippen LogP contribution in [0.15, 0.2) is 29.2 Å². The Kier molecular flexibility index (Phi) is 4.76. The summed E-state index contributed by atoms with van der Waals surface area (Å²) in [5, 5.41) is 10.3. The van der Waals surface area contributed by atoms with Gasteiger partial charge in [0.2, 0.25) is 0 Å². The van der Waals surface area contributed by atoms with Gasteiger partial charge in [-0.1, -0.05) is 12.1 Å². The second kappa shape index (κ2) is 6.16. The van der Waals surface area contributed by atoms with E-state index in [9.17, 15) is 5.11 Å². The molecule has 19 heavy (non-hydrogen) atoms. The first kappa shape index (κ1) is 14.7. The van der Waals surface area contributed by atoms with E-state index in [2.05, 4.69) is 6.07 Å². The van der Waals surface area contributed by atoms with Crippen molar-refractivity contribution in [3.05, 3.63) is 24.3 Å². The second-order valence-corrected chi connectivity index (χ2v) is 6.55. The fourth-order valence-electron chi connectivity index (χ4n) is 2.01. The Hall–Kier alpha value is -0.710. The van der Waals surface area contributed by atoms with Gasteiger partial charge in [0.25, 0.3) is 0 Å². The fourth-order valence-corrected chi connectivity index (χ4v) is 3.08. The topological polar surface area (TPSA) is 38.7 Å². The number of rotatable bonds is 5. The number of aliphatic hydroxyl groups excluding tert-OH is 1. The molecule has 0 saturated heterocycles. The summed E-state index contributed by atoms with van der Waals surface area (Å²) >= 11 is 1.75. The second-order valence-electron chi connectivity index (χ2n) is 5.48. The predicted molar refractivity (Wildman–Crippen MR) is 77.9 cm³/mol. The number of fused-ring (bicyclic) bond motifs is 1. The van der Waals surface area contributed by atoms with Gasteiger partial charge < -0.3 is 14.6 Å². The summed E-state index contributed by atoms with van der Waals surface area (Å²) in [5.74, 6) is 1.68. The van der Waals surface area contributed by atoms with Gasteiger partial charge in [-0.15, -0.1) is 11.8 Å². The average Bonchev–Trinajstić information content (AvgIpc) is 2.44. The molecule has 106 valence electrons. The lowest BCUT2D eigenvalue weighted by molar-refractivity contribution is -0.0139. The molecule has 2 atom stereocenters. The lowest BCUT2D eigenvalue weighted by atomic mass is 9.98. The highest BCUT2D eigenvalue weighted by molar-refractivity contribution is 7.99. The number of hydrogen-bond donors (Lipinski definition) is 1. The van der Waals surface area contributed by atoms with Gasteiger partial charge in [0.1, 0.15) is 11.9 Å². The lowest BCUT2D eigenvalue weighted by Crippen LogP contribution is -2.37. The van der Waals surface area contributed by atoms with Gasteiger partial charge in [-0.3, -0.25) is 0 Å². The molecule has 0 aliphatic carbocycles. The Labute approximate surface area is 119 Å². The normalized spacial score (nSPS) is 20.5. The van der Waals surface area contributed by atoms with E-state index in [-0.39, 0.29) is 11.7 Å². The molecule has 1 aromatic carbocycles. The summed E-state index contributed by atoms with van der Waals surface area (Å²) in [4.78, 5) is 1.16. The Morgan fingerprint density at radius 2 is 2.21 bits per heavy atom. The maximum atomic E-state index is 10.3. The van der Waals surface area contributed by atoms with Crippen molar-refractivity contribution in [3.63, 3.8) is 0 Å². The van der Waals surface area contributed by atoms with Crippen molar-refractivity contribution in [1.29, 1.82) is 0 Å². The maximum Gasteiger partial charge on any atom is 0.134 e. The van der Waals surface area contributed by atoms with E-state index in [1.807, 2.05) is 32.0 Å². The van der Waals surface area contributed by atoms with Crippen molar-refractivity contribution in [2.75, 3.05) is 12.9 Å². The van der Waals surface area contributed by atoms with Gasteiger partial charge >= 0.3 is 0 Å². The summed E-state index contributed by atoms with van der Waals surface area (Å²) in [6.45, 7) is 4.07. The first-order valence-electron chi connectivity index (χ1n) is 6.63. The molecule has 1 N–H and O–H groups in total. The Balaban J connectivity index is 1.90. The number of ether oxygens (including phenoxy) is 2. The van der Waals surface area contributed by atoms with Crippen LogP contribution in [0.3, 0.4) is 0 Å². The van der Waals surface area contributed by atoms with Gasteiger partial charge in [0.05, 0.1) is 11.7 Å². The van der Waals surface area contributed by atoms with Gasteiger partial charge in [-0.25, -0.2) is 0 Å². The van der Waals surface area contributed by atoms with Crippen LogP contribution in [0.5, 0.6) is 5.75 Å². The van der Waals surface area contributed by atoms with Crippen molar-refractivity contribution < 1.29 is 14.6 Å². The van der Waals surface area contributed by atoms with Crippen molar-refractivity contribution in [2.45, 2.75) is 49.4 Å². The van der Waals surface area contributed by atoms with Gasteiger partial charge in [-0.2, -0.15) is 0 Å². The largest absolute Gasteiger partial charge is 0.486 e. The zero-order chi connectivity index (χ0) is 13.9. The molecule has 1 heterocycles. The van der Waals surface area contributed by atoms with Crippen molar-refractivity contribution in [1.82, 2.24) is 0 Å². The minimum absolute atomic E-state index is 0.132. The van der Waals surface area contributed by atoms with Crippen LogP contribution in [0.1, 0.15) is 26.7 Å². The monoisotopic (exact) mass is 282 g/mol. The van der Waals surface area contributed by atoms with Crippen LogP contribution in [0.25, 0.3) is 0 Å². The molecule has 2 unspecified atom stereocenters. The van der Waals surface area contributed by atoms with Crippen LogP contribution < -0.4 is 4.74 Å². The lowest BCUT2D eigenvalue weighted by Gasteiger charge is -2.31. The van der Waals surface area contributed by atoms with Gasteiger partial charge in [0, 0.05) is 17.8 Å². The summed E-state index contributed by atoms with van der Waals surface area (Å²) < 4.78 is 11.3. The zero-order valence-corrected chi connectivity index (χ0v) is 12.6. The van der Waals surface area contributed by atoms with Crippen LogP contribution >= 0.6 is 11.8 Å². The van der Waals surface area contributed by atoms with E-state index in [1.165, 1.54) is 0 Å². The minimum atomic E-state index is -0.449. The van der Waals surface area contributed by atoms with Gasteiger partial charge in [-0.05, 0) is 38.8 Å². The molecule has 0 fully saturated rings. The number of methoxy groups -OCH3 is 1. The molecule has 3 nitrogen and oxygen atoms in total. The highest BCUT2D eigenvalue weighted by Crippen LogP contribution is 2.36. The summed E-state index contributed by atoms with van der Waals surface area (Å²) in [6.07, 6.45) is 0.924. The van der Waals surface area contributed by atoms with Crippen molar-refractivity contribution in [3.8, 4) is 5.75 Å². The molecule has 0 spiro atoms. The number of benzene rings is 1. The molecule has 0 saturated carbocycles. The maximum absolute atomic E-state index is 10.3. The van der Waals surface area contributed by atoms with Crippen molar-refractivity contribution >= 4 is 11.8 Å². The standard InChI is InChI=1S/C15H22O3S/c1-15(2,17-3)9-8-11(16)13-10-19-14-7-5-4-6-12(14)18-13/h4-7,11,13,16H,8-10H2,1-3H3. The van der Waals surface area contributed by atoms with Crippen LogP contribution in [0.2, 0.25) is 0 Å². The molecule has 1 aromatic rings. The summed E-state index contributed by atoms with van der Waals surface area (Å²) in [5.41, 5.74) is -0.194. The molecule has 4 heteroatoms. The van der Waals surface area contributed by atoms with Crippen LogP contribution in [-0.2, 0) is 4.74 Å². The third-order valence-corrected chi connectivity index (χ3v) is 4.70. The Morgan fingerprint density at radius 3 is 2.95 bits per heavy atom. The van der Waals surface area contributed by atoms with Crippen LogP contribution in [-0.4, -0.2) is 35.8 Å². The highest BCUT2D eigenvalue weighted by atomic mass is 32.2. The predicted octanol–water partition coefficient (Wildman–Crippen LogP) is 3.11. The highest BCUT2D eigenvalue weighted by Gasteiger charge is 2.28. The Morgan fingerprint density at radius 1 is 1.47 bits per heavy atom. The third kappa shape index (κ3) is 3.88. The average molecular weight is 282 g/mol. The van der Waals surface area contributed by atoms with Gasteiger partial charge in [0.15, 0.2) is 0 Å². The van der Waals surface area contributed by atoms with E-state index in [1.54, 1.807) is 18.9 Å². The molecular weight excluding hydrogens is 260 g/mol. The van der Waals surface area contributed by atoms with Crippen LogP contribution in [0.4, 0.5) is 0 Å². The van der Waals surface area contributed by atoms with E-state index in [0.29, 0.717) is 6.42 Å². The first-order chi connectivity index (χ1) is 9.02.